The van der Waals surface area contributed by atoms with Gasteiger partial charge in [0.05, 0.1) is 11.4 Å². The molecule has 0 spiro atoms. The van der Waals surface area contributed by atoms with Gasteiger partial charge in [-0.1, -0.05) is 35.9 Å². The Morgan fingerprint density at radius 2 is 1.65 bits per heavy atom. The molecule has 0 saturated heterocycles. The monoisotopic (exact) mass is 287 g/mol. The molecule has 2 aromatic rings. The van der Waals surface area contributed by atoms with Gasteiger partial charge in [-0.15, -0.1) is 0 Å². The Hall–Kier alpha value is -2.14. The molecule has 0 aliphatic carbocycles. The minimum Gasteiger partial charge on any atom is -0.268 e. The Morgan fingerprint density at radius 3 is 2.30 bits per heavy atom. The minimum atomic E-state index is -3.79. The Bertz CT molecular complexity index is 779. The maximum atomic E-state index is 12.5. The highest BCUT2D eigenvalue weighted by molar-refractivity contribution is 7.89. The summed E-state index contributed by atoms with van der Waals surface area (Å²) >= 11 is 0. The van der Waals surface area contributed by atoms with Gasteiger partial charge in [-0.25, -0.2) is 12.7 Å². The Morgan fingerprint density at radius 1 is 1.00 bits per heavy atom. The van der Waals surface area contributed by atoms with Gasteiger partial charge in [-0.05, 0) is 30.7 Å². The van der Waals surface area contributed by atoms with Gasteiger partial charge in [0.2, 0.25) is 0 Å². The van der Waals surface area contributed by atoms with E-state index in [9.17, 15) is 13.2 Å². The number of hydrogen-bond donors (Lipinski definition) is 0. The summed E-state index contributed by atoms with van der Waals surface area (Å²) in [6, 6.07) is 13.5. The first-order valence-electron chi connectivity index (χ1n) is 6.22. The summed E-state index contributed by atoms with van der Waals surface area (Å²) in [6.45, 7) is 1.98. The lowest BCUT2D eigenvalue weighted by molar-refractivity contribution is 0.0879. The summed E-state index contributed by atoms with van der Waals surface area (Å²) in [5, 5.41) is 0. The van der Waals surface area contributed by atoms with Crippen LogP contribution in [0.15, 0.2) is 53.4 Å². The molecule has 0 atom stereocenters. The number of hydrogen-bond acceptors (Lipinski definition) is 3. The molecule has 1 aliphatic rings. The first-order chi connectivity index (χ1) is 9.50. The van der Waals surface area contributed by atoms with Crippen molar-refractivity contribution in [1.82, 2.24) is 4.31 Å². The lowest BCUT2D eigenvalue weighted by Gasteiger charge is -2.16. The molecule has 0 saturated carbocycles. The van der Waals surface area contributed by atoms with E-state index >= 15 is 0 Å². The number of nitrogens with zero attached hydrogens (tertiary/aromatic N) is 1. The van der Waals surface area contributed by atoms with E-state index in [2.05, 4.69) is 0 Å². The van der Waals surface area contributed by atoms with E-state index in [0.717, 1.165) is 15.4 Å². The van der Waals surface area contributed by atoms with Crippen LogP contribution in [0.4, 0.5) is 0 Å². The molecule has 0 bridgehead atoms. The zero-order valence-corrected chi connectivity index (χ0v) is 11.7. The van der Waals surface area contributed by atoms with Crippen molar-refractivity contribution in [3.63, 3.8) is 0 Å². The van der Waals surface area contributed by atoms with Crippen molar-refractivity contribution in [2.75, 3.05) is 0 Å². The maximum absolute atomic E-state index is 12.5. The second kappa shape index (κ2) is 4.45. The second-order valence-electron chi connectivity index (χ2n) is 4.79. The number of benzene rings is 2. The van der Waals surface area contributed by atoms with Gasteiger partial charge < -0.3 is 0 Å². The van der Waals surface area contributed by atoms with Gasteiger partial charge in [-0.3, -0.25) is 4.79 Å². The van der Waals surface area contributed by atoms with Crippen LogP contribution in [0.2, 0.25) is 0 Å². The van der Waals surface area contributed by atoms with Crippen LogP contribution in [-0.2, 0) is 16.6 Å². The van der Waals surface area contributed by atoms with E-state index < -0.39 is 15.9 Å². The third kappa shape index (κ3) is 1.91. The Labute approximate surface area is 117 Å². The molecule has 1 heterocycles. The van der Waals surface area contributed by atoms with Crippen LogP contribution in [-0.4, -0.2) is 18.6 Å². The maximum Gasteiger partial charge on any atom is 0.268 e. The van der Waals surface area contributed by atoms with Crippen molar-refractivity contribution in [2.24, 2.45) is 0 Å². The van der Waals surface area contributed by atoms with Gasteiger partial charge in [0, 0.05) is 5.56 Å². The van der Waals surface area contributed by atoms with Crippen molar-refractivity contribution in [3.8, 4) is 0 Å². The van der Waals surface area contributed by atoms with E-state index in [-0.39, 0.29) is 11.4 Å². The third-order valence-corrected chi connectivity index (χ3v) is 5.14. The topological polar surface area (TPSA) is 54.5 Å². The van der Waals surface area contributed by atoms with E-state index in [1.165, 1.54) is 12.1 Å². The molecule has 0 fully saturated rings. The fraction of sp³-hybridized carbons (Fsp3) is 0.133. The summed E-state index contributed by atoms with van der Waals surface area (Å²) in [4.78, 5) is 12.4. The van der Waals surface area contributed by atoms with Gasteiger partial charge in [0.1, 0.15) is 0 Å². The fourth-order valence-corrected chi connectivity index (χ4v) is 3.62. The number of carbonyl (C=O) groups is 1. The minimum absolute atomic E-state index is 0.102. The van der Waals surface area contributed by atoms with Gasteiger partial charge in [-0.2, -0.15) is 0 Å². The highest BCUT2D eigenvalue weighted by Crippen LogP contribution is 2.28. The fourth-order valence-electron chi connectivity index (χ4n) is 2.26. The number of aryl methyl sites for hydroxylation is 1. The van der Waals surface area contributed by atoms with Crippen molar-refractivity contribution in [2.45, 2.75) is 18.4 Å². The smallest absolute Gasteiger partial charge is 0.268 e. The summed E-state index contributed by atoms with van der Waals surface area (Å²) < 4.78 is 26.0. The van der Waals surface area contributed by atoms with Crippen molar-refractivity contribution in [1.29, 1.82) is 0 Å². The molecular formula is C15H13NO3S. The lowest BCUT2D eigenvalue weighted by atomic mass is 10.1. The second-order valence-corrected chi connectivity index (χ2v) is 6.65. The molecule has 1 aliphatic heterocycles. The van der Waals surface area contributed by atoms with Crippen LogP contribution in [0.3, 0.4) is 0 Å². The number of sulfonamides is 1. The molecule has 2 aromatic carbocycles. The Kier molecular flexibility index (Phi) is 2.87. The molecule has 0 aromatic heterocycles. The van der Waals surface area contributed by atoms with Crippen molar-refractivity contribution >= 4 is 15.9 Å². The van der Waals surface area contributed by atoms with Crippen LogP contribution in [0, 0.1) is 6.92 Å². The Balaban J connectivity index is 2.03. The normalized spacial score (nSPS) is 14.4. The number of carbonyl (C=O) groups excluding carboxylic acids is 1. The van der Waals surface area contributed by atoms with Crippen LogP contribution in [0.1, 0.15) is 21.5 Å². The summed E-state index contributed by atoms with van der Waals surface area (Å²) in [5.41, 5.74) is 2.18. The number of amides is 1. The van der Waals surface area contributed by atoms with E-state index in [0.29, 0.717) is 5.56 Å². The number of fused-ring (bicyclic) bond motifs is 1. The highest BCUT2D eigenvalue weighted by atomic mass is 32.2. The van der Waals surface area contributed by atoms with Gasteiger partial charge >= 0.3 is 0 Å². The SMILES string of the molecule is Cc1ccc(S(=O)(=O)N2Cc3ccccc3C2=O)cc1. The standard InChI is InChI=1S/C15H13NO3S/c1-11-6-8-13(9-7-11)20(18,19)16-10-12-4-2-3-5-14(12)15(16)17/h2-9H,10H2,1H3. The average Bonchev–Trinajstić information content (AvgIpc) is 2.78. The van der Waals surface area contributed by atoms with Crippen LogP contribution in [0.25, 0.3) is 0 Å². The van der Waals surface area contributed by atoms with Crippen LogP contribution in [0.5, 0.6) is 0 Å². The molecule has 0 unspecified atom stereocenters. The van der Waals surface area contributed by atoms with E-state index in [1.54, 1.807) is 36.4 Å². The predicted molar refractivity (Wildman–Crippen MR) is 74.7 cm³/mol. The first kappa shape index (κ1) is 12.9. The molecule has 1 amide bonds. The molecule has 5 heteroatoms. The van der Waals surface area contributed by atoms with E-state index in [1.807, 2.05) is 6.92 Å². The van der Waals surface area contributed by atoms with Gasteiger partial charge in [0.25, 0.3) is 15.9 Å². The van der Waals surface area contributed by atoms with Gasteiger partial charge in [0.15, 0.2) is 0 Å². The van der Waals surface area contributed by atoms with Crippen LogP contribution < -0.4 is 0 Å². The molecule has 4 nitrogen and oxygen atoms in total. The summed E-state index contributed by atoms with van der Waals surface area (Å²) in [6.07, 6.45) is 0. The van der Waals surface area contributed by atoms with E-state index in [4.69, 9.17) is 0 Å². The quantitative estimate of drug-likeness (QED) is 0.852. The molecule has 0 radical (unpaired) electrons. The van der Waals surface area contributed by atoms with Crippen LogP contribution >= 0.6 is 0 Å². The molecule has 0 N–H and O–H groups in total. The highest BCUT2D eigenvalue weighted by Gasteiger charge is 2.36. The molecule has 3 rings (SSSR count). The zero-order chi connectivity index (χ0) is 14.3. The first-order valence-corrected chi connectivity index (χ1v) is 7.66. The molecule has 20 heavy (non-hydrogen) atoms. The molecular weight excluding hydrogens is 274 g/mol. The largest absolute Gasteiger partial charge is 0.268 e. The zero-order valence-electron chi connectivity index (χ0n) is 10.9. The van der Waals surface area contributed by atoms with Crippen molar-refractivity contribution < 1.29 is 13.2 Å². The molecule has 102 valence electrons. The summed E-state index contributed by atoms with van der Waals surface area (Å²) in [7, 11) is -3.79. The van der Waals surface area contributed by atoms with Crippen molar-refractivity contribution in [3.05, 3.63) is 65.2 Å². The average molecular weight is 287 g/mol. The lowest BCUT2D eigenvalue weighted by Crippen LogP contribution is -2.31. The predicted octanol–water partition coefficient (Wildman–Crippen LogP) is 2.34. The third-order valence-electron chi connectivity index (χ3n) is 3.40. The summed E-state index contributed by atoms with van der Waals surface area (Å²) in [5.74, 6) is -0.457. The number of rotatable bonds is 2.